The van der Waals surface area contributed by atoms with Gasteiger partial charge in [-0.05, 0) is 66.6 Å². The number of aromatic amines is 1. The quantitative estimate of drug-likeness (QED) is 0.222. The summed E-state index contributed by atoms with van der Waals surface area (Å²) in [5, 5.41) is 5.28. The maximum absolute atomic E-state index is 13.6. The molecule has 2 heterocycles. The van der Waals surface area contributed by atoms with E-state index >= 15 is 0 Å². The minimum absolute atomic E-state index is 0.0699. The van der Waals surface area contributed by atoms with E-state index in [0.29, 0.717) is 23.0 Å². The van der Waals surface area contributed by atoms with Crippen molar-refractivity contribution in [3.05, 3.63) is 88.2 Å². The van der Waals surface area contributed by atoms with Gasteiger partial charge in [0.25, 0.3) is 5.91 Å². The molecule has 2 aliphatic rings. The standard InChI is InChI=1S/C31H33F3N4O2S/c32-31(33,34)20-36-29(40)30(25-11-3-1-8-22(25)23-9-2-4-12-26(23)30)15-5-6-17-38-18-13-21(14-19-38)37-27(39)24-10-7-16-35-28(24)41/h1-4,7-12,16,21H,5-6,13-15,17-20H2,(H,35,41)(H,36,40)(H,37,39). The van der Waals surface area contributed by atoms with E-state index in [0.717, 1.165) is 61.2 Å². The average molecular weight is 583 g/mol. The van der Waals surface area contributed by atoms with Crippen LogP contribution < -0.4 is 10.6 Å². The van der Waals surface area contributed by atoms with Gasteiger partial charge in [0.15, 0.2) is 0 Å². The number of likely N-dealkylation sites (tertiary alicyclic amines) is 1. The summed E-state index contributed by atoms with van der Waals surface area (Å²) >= 11 is 5.21. The summed E-state index contributed by atoms with van der Waals surface area (Å²) in [6.45, 7) is 1.11. The average Bonchev–Trinajstić information content (AvgIpc) is 3.25. The lowest BCUT2D eigenvalue weighted by Crippen LogP contribution is -2.47. The Labute approximate surface area is 242 Å². The minimum Gasteiger partial charge on any atom is -0.352 e. The van der Waals surface area contributed by atoms with Crippen molar-refractivity contribution < 1.29 is 22.8 Å². The molecule has 1 aliphatic heterocycles. The Morgan fingerprint density at radius 2 is 1.59 bits per heavy atom. The fraction of sp³-hybridized carbons (Fsp3) is 0.387. The number of halogens is 3. The molecule has 10 heteroatoms. The van der Waals surface area contributed by atoms with Crippen LogP contribution in [0.3, 0.4) is 0 Å². The van der Waals surface area contributed by atoms with Crippen LogP contribution in [0.15, 0.2) is 66.9 Å². The Kier molecular flexibility index (Phi) is 8.60. The predicted molar refractivity (Wildman–Crippen MR) is 154 cm³/mol. The summed E-state index contributed by atoms with van der Waals surface area (Å²) in [5.41, 5.74) is 2.60. The first-order valence-corrected chi connectivity index (χ1v) is 14.4. The molecule has 0 spiro atoms. The third-order valence-electron chi connectivity index (χ3n) is 8.16. The van der Waals surface area contributed by atoms with Gasteiger partial charge in [-0.2, -0.15) is 13.2 Å². The summed E-state index contributed by atoms with van der Waals surface area (Å²) in [5.74, 6) is -0.779. The van der Waals surface area contributed by atoms with Crippen LogP contribution in [0.2, 0.25) is 0 Å². The molecular weight excluding hydrogens is 549 g/mol. The van der Waals surface area contributed by atoms with Gasteiger partial charge in [-0.15, -0.1) is 0 Å². The molecule has 1 fully saturated rings. The van der Waals surface area contributed by atoms with Crippen molar-refractivity contribution in [3.63, 3.8) is 0 Å². The molecule has 1 aliphatic carbocycles. The number of nitrogens with one attached hydrogen (secondary N) is 3. The highest BCUT2D eigenvalue weighted by molar-refractivity contribution is 7.71. The number of aromatic nitrogens is 1. The highest BCUT2D eigenvalue weighted by Gasteiger charge is 2.49. The molecule has 0 saturated carbocycles. The number of nitrogens with zero attached hydrogens (tertiary/aromatic N) is 1. The van der Waals surface area contributed by atoms with Gasteiger partial charge < -0.3 is 20.5 Å². The second-order valence-electron chi connectivity index (χ2n) is 10.8. The molecule has 0 radical (unpaired) electrons. The van der Waals surface area contributed by atoms with Gasteiger partial charge in [-0.1, -0.05) is 67.2 Å². The van der Waals surface area contributed by atoms with Gasteiger partial charge in [0, 0.05) is 25.3 Å². The number of alkyl halides is 3. The minimum atomic E-state index is -4.49. The summed E-state index contributed by atoms with van der Waals surface area (Å²) < 4.78 is 39.7. The maximum Gasteiger partial charge on any atom is 0.405 e. The number of piperidine rings is 1. The molecule has 3 aromatic rings. The molecule has 2 aromatic carbocycles. The highest BCUT2D eigenvalue weighted by Crippen LogP contribution is 2.51. The van der Waals surface area contributed by atoms with E-state index in [1.54, 1.807) is 18.3 Å². The molecule has 0 atom stereocenters. The summed E-state index contributed by atoms with van der Waals surface area (Å²) in [6.07, 6.45) is 0.722. The van der Waals surface area contributed by atoms with E-state index in [1.807, 2.05) is 48.5 Å². The second-order valence-corrected chi connectivity index (χ2v) is 11.2. The van der Waals surface area contributed by atoms with E-state index in [2.05, 4.69) is 20.5 Å². The van der Waals surface area contributed by atoms with Crippen LogP contribution in [-0.4, -0.2) is 60.1 Å². The van der Waals surface area contributed by atoms with Crippen LogP contribution in [-0.2, 0) is 10.2 Å². The third kappa shape index (κ3) is 6.23. The first-order valence-electron chi connectivity index (χ1n) is 13.9. The summed E-state index contributed by atoms with van der Waals surface area (Å²) in [4.78, 5) is 31.4. The van der Waals surface area contributed by atoms with Crippen LogP contribution in [0.25, 0.3) is 11.1 Å². The summed E-state index contributed by atoms with van der Waals surface area (Å²) in [6, 6.07) is 18.6. The van der Waals surface area contributed by atoms with Crippen LogP contribution >= 0.6 is 12.2 Å². The van der Waals surface area contributed by atoms with Crippen molar-refractivity contribution in [2.24, 2.45) is 0 Å². The lowest BCUT2D eigenvalue weighted by atomic mass is 9.73. The van der Waals surface area contributed by atoms with Crippen molar-refractivity contribution in [1.82, 2.24) is 20.5 Å². The second kappa shape index (κ2) is 12.2. The van der Waals surface area contributed by atoms with Crippen LogP contribution in [0.4, 0.5) is 13.2 Å². The number of fused-ring (bicyclic) bond motifs is 3. The molecule has 6 nitrogen and oxygen atoms in total. The van der Waals surface area contributed by atoms with Crippen molar-refractivity contribution in [2.75, 3.05) is 26.2 Å². The highest BCUT2D eigenvalue weighted by atomic mass is 32.1. The summed E-state index contributed by atoms with van der Waals surface area (Å²) in [7, 11) is 0. The lowest BCUT2D eigenvalue weighted by molar-refractivity contribution is -0.141. The molecule has 41 heavy (non-hydrogen) atoms. The number of carbonyl (C=O) groups excluding carboxylic acids is 2. The van der Waals surface area contributed by atoms with Crippen molar-refractivity contribution in [1.29, 1.82) is 0 Å². The maximum atomic E-state index is 13.6. The molecule has 1 saturated heterocycles. The molecule has 0 bridgehead atoms. The fourth-order valence-corrected chi connectivity index (χ4v) is 6.40. The fourth-order valence-electron chi connectivity index (χ4n) is 6.17. The van der Waals surface area contributed by atoms with Crippen molar-refractivity contribution in [2.45, 2.75) is 49.7 Å². The van der Waals surface area contributed by atoms with Gasteiger partial charge in [0.1, 0.15) is 16.6 Å². The van der Waals surface area contributed by atoms with Crippen molar-refractivity contribution in [3.8, 4) is 11.1 Å². The monoisotopic (exact) mass is 582 g/mol. The SMILES string of the molecule is O=C(NC1CCN(CCCCC2(C(=O)NCC(F)(F)F)c3ccccc3-c3ccccc32)CC1)c1ccc[nH]c1=S. The van der Waals surface area contributed by atoms with Gasteiger partial charge in [-0.25, -0.2) is 0 Å². The molecule has 2 amide bonds. The zero-order valence-electron chi connectivity index (χ0n) is 22.6. The van der Waals surface area contributed by atoms with Crippen LogP contribution in [0, 0.1) is 4.64 Å². The number of hydrogen-bond donors (Lipinski definition) is 3. The molecule has 1 aromatic heterocycles. The van der Waals surface area contributed by atoms with Crippen LogP contribution in [0.1, 0.15) is 53.6 Å². The number of H-pyrrole nitrogens is 1. The van der Waals surface area contributed by atoms with Crippen molar-refractivity contribution >= 4 is 24.0 Å². The Morgan fingerprint density at radius 3 is 2.20 bits per heavy atom. The van der Waals surface area contributed by atoms with E-state index < -0.39 is 24.0 Å². The Hall–Kier alpha value is -3.50. The Bertz CT molecular complexity index is 1420. The van der Waals surface area contributed by atoms with Gasteiger partial charge in [0.2, 0.25) is 5.91 Å². The molecule has 216 valence electrons. The molecule has 3 N–H and O–H groups in total. The van der Waals surface area contributed by atoms with Gasteiger partial charge in [-0.3, -0.25) is 9.59 Å². The Morgan fingerprint density at radius 1 is 0.951 bits per heavy atom. The lowest BCUT2D eigenvalue weighted by Gasteiger charge is -2.33. The molecular formula is C31H33F3N4O2S. The third-order valence-corrected chi connectivity index (χ3v) is 8.50. The van der Waals surface area contributed by atoms with Gasteiger partial charge >= 0.3 is 6.18 Å². The smallest absolute Gasteiger partial charge is 0.352 e. The number of carbonyl (C=O) groups is 2. The zero-order chi connectivity index (χ0) is 29.0. The number of benzene rings is 2. The normalized spacial score (nSPS) is 16.6. The van der Waals surface area contributed by atoms with E-state index in [-0.39, 0.29) is 11.9 Å². The number of unbranched alkanes of at least 4 members (excludes halogenated alkanes) is 1. The molecule has 0 unspecified atom stereocenters. The number of amides is 2. The first-order chi connectivity index (χ1) is 19.7. The van der Waals surface area contributed by atoms with Gasteiger partial charge in [0.05, 0.1) is 5.56 Å². The predicted octanol–water partition coefficient (Wildman–Crippen LogP) is 5.75. The molecule has 5 rings (SSSR count). The van der Waals surface area contributed by atoms with E-state index in [1.165, 1.54) is 0 Å². The van der Waals surface area contributed by atoms with E-state index in [4.69, 9.17) is 12.2 Å². The zero-order valence-corrected chi connectivity index (χ0v) is 23.4. The topological polar surface area (TPSA) is 77.2 Å². The largest absolute Gasteiger partial charge is 0.405 e. The number of pyridine rings is 1. The number of rotatable bonds is 9. The Balaban J connectivity index is 1.21. The first kappa shape index (κ1) is 29.0. The van der Waals surface area contributed by atoms with Crippen LogP contribution in [0.5, 0.6) is 0 Å². The number of hydrogen-bond acceptors (Lipinski definition) is 4. The van der Waals surface area contributed by atoms with E-state index in [9.17, 15) is 22.8 Å².